The largest absolute Gasteiger partial charge is 0.481 e. The summed E-state index contributed by atoms with van der Waals surface area (Å²) >= 11 is 0. The smallest absolute Gasteiger partial charge is 0.416 e. The van der Waals surface area contributed by atoms with E-state index in [0.29, 0.717) is 11.3 Å². The van der Waals surface area contributed by atoms with Crippen molar-refractivity contribution in [1.82, 2.24) is 0 Å². The first kappa shape index (κ1) is 14.0. The lowest BCUT2D eigenvalue weighted by Gasteiger charge is -2.05. The van der Waals surface area contributed by atoms with Crippen LogP contribution in [0, 0.1) is 11.8 Å². The van der Waals surface area contributed by atoms with E-state index in [2.05, 4.69) is 11.8 Å². The van der Waals surface area contributed by atoms with Crippen LogP contribution in [0.25, 0.3) is 0 Å². The Morgan fingerprint density at radius 2 is 1.55 bits per heavy atom. The normalized spacial score (nSPS) is 10.6. The molecule has 0 aliphatic rings. The van der Waals surface area contributed by atoms with Gasteiger partial charge in [-0.2, -0.15) is 13.2 Å². The number of halogens is 3. The topological polar surface area (TPSA) is 9.23 Å². The zero-order valence-electron chi connectivity index (χ0n) is 10.4. The van der Waals surface area contributed by atoms with Gasteiger partial charge in [-0.15, -0.1) is 0 Å². The van der Waals surface area contributed by atoms with Crippen molar-refractivity contribution in [2.75, 3.05) is 6.61 Å². The van der Waals surface area contributed by atoms with Crippen molar-refractivity contribution in [3.8, 4) is 17.6 Å². The first-order chi connectivity index (χ1) is 9.55. The van der Waals surface area contributed by atoms with Crippen LogP contribution in [0.3, 0.4) is 0 Å². The minimum absolute atomic E-state index is 0.186. The second-order valence-electron chi connectivity index (χ2n) is 3.98. The summed E-state index contributed by atoms with van der Waals surface area (Å²) in [6, 6.07) is 13.9. The summed E-state index contributed by atoms with van der Waals surface area (Å²) in [6.45, 7) is 0.186. The molecule has 2 aromatic rings. The number of ether oxygens (including phenoxy) is 1. The fourth-order valence-corrected chi connectivity index (χ4v) is 1.52. The number of rotatable bonds is 2. The van der Waals surface area contributed by atoms with Gasteiger partial charge in [0.15, 0.2) is 0 Å². The Morgan fingerprint density at radius 1 is 0.900 bits per heavy atom. The molecule has 0 radical (unpaired) electrons. The molecule has 0 aliphatic heterocycles. The van der Waals surface area contributed by atoms with Crippen LogP contribution in [0.1, 0.15) is 11.1 Å². The predicted octanol–water partition coefficient (Wildman–Crippen LogP) is 4.14. The molecule has 0 heterocycles. The van der Waals surface area contributed by atoms with Crippen LogP contribution in [0.5, 0.6) is 5.75 Å². The summed E-state index contributed by atoms with van der Waals surface area (Å²) in [6.07, 6.45) is -4.32. The molecular formula is C16H11F3O. The lowest BCUT2D eigenvalue weighted by Crippen LogP contribution is -2.04. The number of hydrogen-bond acceptors (Lipinski definition) is 1. The highest BCUT2D eigenvalue weighted by atomic mass is 19.4. The Labute approximate surface area is 115 Å². The van der Waals surface area contributed by atoms with Gasteiger partial charge in [0, 0.05) is 5.56 Å². The summed E-state index contributed by atoms with van der Waals surface area (Å²) in [5, 5.41) is 0. The second kappa shape index (κ2) is 6.16. The van der Waals surface area contributed by atoms with Gasteiger partial charge in [-0.05, 0) is 36.4 Å². The standard InChI is InChI=1S/C16H11F3O/c17-16(18,19)14-10-8-13(9-11-14)5-4-12-20-15-6-2-1-3-7-15/h1-3,6-11H,12H2. The molecular weight excluding hydrogens is 265 g/mol. The van der Waals surface area contributed by atoms with Gasteiger partial charge in [-0.25, -0.2) is 0 Å². The molecule has 0 saturated carbocycles. The highest BCUT2D eigenvalue weighted by Crippen LogP contribution is 2.28. The molecule has 102 valence electrons. The third kappa shape index (κ3) is 4.06. The Bertz CT molecular complexity index is 604. The van der Waals surface area contributed by atoms with E-state index < -0.39 is 11.7 Å². The summed E-state index contributed by atoms with van der Waals surface area (Å²) in [4.78, 5) is 0. The Kier molecular flexibility index (Phi) is 4.31. The summed E-state index contributed by atoms with van der Waals surface area (Å²) < 4.78 is 42.4. The molecule has 0 N–H and O–H groups in total. The summed E-state index contributed by atoms with van der Waals surface area (Å²) in [7, 11) is 0. The van der Waals surface area contributed by atoms with E-state index in [1.807, 2.05) is 18.2 Å². The first-order valence-electron chi connectivity index (χ1n) is 5.90. The summed E-state index contributed by atoms with van der Waals surface area (Å²) in [5.41, 5.74) is -0.154. The predicted molar refractivity (Wildman–Crippen MR) is 70.3 cm³/mol. The highest BCUT2D eigenvalue weighted by Gasteiger charge is 2.29. The van der Waals surface area contributed by atoms with E-state index in [9.17, 15) is 13.2 Å². The Balaban J connectivity index is 1.93. The van der Waals surface area contributed by atoms with Crippen LogP contribution in [-0.2, 0) is 6.18 Å². The van der Waals surface area contributed by atoms with E-state index in [-0.39, 0.29) is 6.61 Å². The van der Waals surface area contributed by atoms with Crippen LogP contribution in [-0.4, -0.2) is 6.61 Å². The summed E-state index contributed by atoms with van der Waals surface area (Å²) in [5.74, 6) is 6.21. The molecule has 0 amide bonds. The first-order valence-corrected chi connectivity index (χ1v) is 5.90. The van der Waals surface area contributed by atoms with Gasteiger partial charge >= 0.3 is 6.18 Å². The van der Waals surface area contributed by atoms with E-state index in [4.69, 9.17) is 4.74 Å². The van der Waals surface area contributed by atoms with Gasteiger partial charge in [0.1, 0.15) is 12.4 Å². The zero-order chi connectivity index (χ0) is 14.4. The number of alkyl halides is 3. The van der Waals surface area contributed by atoms with Gasteiger partial charge in [0.25, 0.3) is 0 Å². The highest BCUT2D eigenvalue weighted by molar-refractivity contribution is 5.37. The lowest BCUT2D eigenvalue weighted by atomic mass is 10.1. The van der Waals surface area contributed by atoms with Gasteiger partial charge in [-0.1, -0.05) is 30.0 Å². The van der Waals surface area contributed by atoms with E-state index in [1.54, 1.807) is 12.1 Å². The van der Waals surface area contributed by atoms with Crippen LogP contribution < -0.4 is 4.74 Å². The maximum absolute atomic E-state index is 12.4. The van der Waals surface area contributed by atoms with Crippen molar-refractivity contribution in [3.63, 3.8) is 0 Å². The zero-order valence-corrected chi connectivity index (χ0v) is 10.4. The maximum atomic E-state index is 12.4. The molecule has 1 nitrogen and oxygen atoms in total. The molecule has 0 spiro atoms. The van der Waals surface area contributed by atoms with Crippen molar-refractivity contribution in [1.29, 1.82) is 0 Å². The SMILES string of the molecule is FC(F)(F)c1ccc(C#CCOc2ccccc2)cc1. The monoisotopic (exact) mass is 276 g/mol. The van der Waals surface area contributed by atoms with Crippen molar-refractivity contribution in [2.45, 2.75) is 6.18 Å². The van der Waals surface area contributed by atoms with Gasteiger partial charge in [0.05, 0.1) is 5.56 Å². The second-order valence-corrected chi connectivity index (χ2v) is 3.98. The fourth-order valence-electron chi connectivity index (χ4n) is 1.52. The fraction of sp³-hybridized carbons (Fsp3) is 0.125. The molecule has 0 fully saturated rings. The van der Waals surface area contributed by atoms with Crippen LogP contribution >= 0.6 is 0 Å². The molecule has 0 bridgehead atoms. The van der Waals surface area contributed by atoms with Crippen molar-refractivity contribution < 1.29 is 17.9 Å². The quantitative estimate of drug-likeness (QED) is 0.749. The molecule has 0 aromatic heterocycles. The van der Waals surface area contributed by atoms with Crippen LogP contribution in [0.4, 0.5) is 13.2 Å². The third-order valence-electron chi connectivity index (χ3n) is 2.50. The van der Waals surface area contributed by atoms with Crippen molar-refractivity contribution >= 4 is 0 Å². The molecule has 2 aromatic carbocycles. The molecule has 0 aliphatic carbocycles. The van der Waals surface area contributed by atoms with Gasteiger partial charge in [-0.3, -0.25) is 0 Å². The molecule has 20 heavy (non-hydrogen) atoms. The minimum Gasteiger partial charge on any atom is -0.481 e. The van der Waals surface area contributed by atoms with Crippen LogP contribution in [0.2, 0.25) is 0 Å². The van der Waals surface area contributed by atoms with Crippen molar-refractivity contribution in [2.24, 2.45) is 0 Å². The number of benzene rings is 2. The van der Waals surface area contributed by atoms with E-state index in [1.165, 1.54) is 12.1 Å². The minimum atomic E-state index is -4.32. The molecule has 0 unspecified atom stereocenters. The van der Waals surface area contributed by atoms with Gasteiger partial charge in [0.2, 0.25) is 0 Å². The average molecular weight is 276 g/mol. The maximum Gasteiger partial charge on any atom is 0.416 e. The lowest BCUT2D eigenvalue weighted by molar-refractivity contribution is -0.137. The van der Waals surface area contributed by atoms with E-state index in [0.717, 1.165) is 12.1 Å². The number of para-hydroxylation sites is 1. The van der Waals surface area contributed by atoms with Gasteiger partial charge < -0.3 is 4.74 Å². The molecule has 0 atom stereocenters. The van der Waals surface area contributed by atoms with Crippen molar-refractivity contribution in [3.05, 3.63) is 65.7 Å². The third-order valence-corrected chi connectivity index (χ3v) is 2.50. The Morgan fingerprint density at radius 3 is 2.15 bits per heavy atom. The number of hydrogen-bond donors (Lipinski definition) is 0. The average Bonchev–Trinajstić information content (AvgIpc) is 2.44. The molecule has 0 saturated heterocycles. The molecule has 4 heteroatoms. The van der Waals surface area contributed by atoms with Crippen LogP contribution in [0.15, 0.2) is 54.6 Å². The van der Waals surface area contributed by atoms with E-state index >= 15 is 0 Å². The molecule has 2 rings (SSSR count). The Hall–Kier alpha value is -2.41.